The maximum Gasteiger partial charge on any atom is 0.436 e. The molecular formula is C22H26N2O7. The van der Waals surface area contributed by atoms with E-state index in [0.29, 0.717) is 53.8 Å². The van der Waals surface area contributed by atoms with Crippen molar-refractivity contribution in [1.29, 1.82) is 0 Å². The molecule has 1 amide bonds. The SMILES string of the molecule is COc1cc2c(cc1OC)CN(C(=O)O/N=C/c1cc(OC)c(OC)c(OC)c1)CC2. The van der Waals surface area contributed by atoms with Crippen LogP contribution in [0.15, 0.2) is 29.4 Å². The van der Waals surface area contributed by atoms with Gasteiger partial charge in [0.15, 0.2) is 23.0 Å². The van der Waals surface area contributed by atoms with Gasteiger partial charge in [-0.3, -0.25) is 4.84 Å². The van der Waals surface area contributed by atoms with Crippen molar-refractivity contribution in [2.45, 2.75) is 13.0 Å². The average Bonchev–Trinajstić information content (AvgIpc) is 2.81. The Labute approximate surface area is 181 Å². The number of oxime groups is 1. The molecule has 2 aromatic rings. The maximum atomic E-state index is 12.5. The number of nitrogens with zero attached hydrogens (tertiary/aromatic N) is 2. The zero-order chi connectivity index (χ0) is 22.4. The smallest absolute Gasteiger partial charge is 0.436 e. The van der Waals surface area contributed by atoms with Gasteiger partial charge in [0.05, 0.1) is 41.8 Å². The first-order valence-electron chi connectivity index (χ1n) is 9.57. The van der Waals surface area contributed by atoms with Gasteiger partial charge in [-0.2, -0.15) is 0 Å². The van der Waals surface area contributed by atoms with Crippen LogP contribution in [0.25, 0.3) is 0 Å². The van der Waals surface area contributed by atoms with Gasteiger partial charge in [-0.25, -0.2) is 4.79 Å². The molecule has 1 aliphatic heterocycles. The fourth-order valence-corrected chi connectivity index (χ4v) is 3.40. The molecule has 0 atom stereocenters. The van der Waals surface area contributed by atoms with Crippen LogP contribution in [0.5, 0.6) is 28.7 Å². The van der Waals surface area contributed by atoms with E-state index in [9.17, 15) is 4.79 Å². The molecule has 3 rings (SSSR count). The van der Waals surface area contributed by atoms with Crippen molar-refractivity contribution in [3.05, 3.63) is 41.0 Å². The first-order chi connectivity index (χ1) is 15.0. The number of ether oxygens (including phenoxy) is 5. The zero-order valence-corrected chi connectivity index (χ0v) is 18.3. The van der Waals surface area contributed by atoms with Crippen molar-refractivity contribution in [2.24, 2.45) is 5.16 Å². The van der Waals surface area contributed by atoms with Gasteiger partial charge in [0, 0.05) is 18.7 Å². The van der Waals surface area contributed by atoms with Crippen molar-refractivity contribution >= 4 is 12.3 Å². The van der Waals surface area contributed by atoms with Gasteiger partial charge in [-0.05, 0) is 41.8 Å². The third-order valence-corrected chi connectivity index (χ3v) is 5.00. The Bertz CT molecular complexity index is 950. The Balaban J connectivity index is 1.69. The van der Waals surface area contributed by atoms with E-state index in [1.807, 2.05) is 12.1 Å². The van der Waals surface area contributed by atoms with E-state index in [1.54, 1.807) is 31.3 Å². The summed E-state index contributed by atoms with van der Waals surface area (Å²) in [7, 11) is 7.76. The van der Waals surface area contributed by atoms with E-state index < -0.39 is 6.09 Å². The minimum absolute atomic E-state index is 0.397. The maximum absolute atomic E-state index is 12.5. The molecule has 31 heavy (non-hydrogen) atoms. The van der Waals surface area contributed by atoms with Crippen LogP contribution in [0.4, 0.5) is 4.79 Å². The average molecular weight is 430 g/mol. The number of fused-ring (bicyclic) bond motifs is 1. The van der Waals surface area contributed by atoms with Gasteiger partial charge < -0.3 is 28.6 Å². The van der Waals surface area contributed by atoms with Crippen LogP contribution in [-0.4, -0.2) is 59.3 Å². The summed E-state index contributed by atoms with van der Waals surface area (Å²) in [5.74, 6) is 2.72. The zero-order valence-electron chi connectivity index (χ0n) is 18.3. The molecule has 0 N–H and O–H groups in total. The van der Waals surface area contributed by atoms with Gasteiger partial charge in [0.2, 0.25) is 5.75 Å². The Hall–Kier alpha value is -3.62. The van der Waals surface area contributed by atoms with Crippen LogP contribution in [0, 0.1) is 0 Å². The second-order valence-corrected chi connectivity index (χ2v) is 6.70. The number of carbonyl (C=O) groups excluding carboxylic acids is 1. The summed E-state index contributed by atoms with van der Waals surface area (Å²) in [5.41, 5.74) is 2.72. The predicted molar refractivity (Wildman–Crippen MR) is 114 cm³/mol. The molecule has 2 aromatic carbocycles. The van der Waals surface area contributed by atoms with Crippen molar-refractivity contribution in [3.63, 3.8) is 0 Å². The molecule has 0 radical (unpaired) electrons. The number of amides is 1. The summed E-state index contributed by atoms with van der Waals surface area (Å²) in [6.45, 7) is 0.912. The highest BCUT2D eigenvalue weighted by molar-refractivity contribution is 5.82. The third kappa shape index (κ3) is 4.76. The van der Waals surface area contributed by atoms with Crippen molar-refractivity contribution in [1.82, 2.24) is 4.90 Å². The lowest BCUT2D eigenvalue weighted by Crippen LogP contribution is -2.35. The minimum atomic E-state index is -0.538. The number of methoxy groups -OCH3 is 5. The van der Waals surface area contributed by atoms with Gasteiger partial charge in [-0.1, -0.05) is 5.16 Å². The topological polar surface area (TPSA) is 88.1 Å². The van der Waals surface area contributed by atoms with Crippen LogP contribution >= 0.6 is 0 Å². The lowest BCUT2D eigenvalue weighted by atomic mass is 9.99. The molecule has 9 heteroatoms. The van der Waals surface area contributed by atoms with Gasteiger partial charge in [0.1, 0.15) is 0 Å². The second-order valence-electron chi connectivity index (χ2n) is 6.70. The molecule has 0 fully saturated rings. The van der Waals surface area contributed by atoms with Crippen LogP contribution in [0.1, 0.15) is 16.7 Å². The molecule has 9 nitrogen and oxygen atoms in total. The molecule has 0 spiro atoms. The molecule has 166 valence electrons. The third-order valence-electron chi connectivity index (χ3n) is 5.00. The van der Waals surface area contributed by atoms with Crippen molar-refractivity contribution < 1.29 is 33.3 Å². The number of carbonyl (C=O) groups is 1. The number of hydrogen-bond acceptors (Lipinski definition) is 8. The molecule has 1 aliphatic rings. The molecule has 0 unspecified atom stereocenters. The normalized spacial score (nSPS) is 12.9. The van der Waals surface area contributed by atoms with Gasteiger partial charge in [0.25, 0.3) is 0 Å². The van der Waals surface area contributed by atoms with E-state index in [2.05, 4.69) is 5.16 Å². The van der Waals surface area contributed by atoms with E-state index in [1.165, 1.54) is 27.5 Å². The molecule has 0 bridgehead atoms. The second kappa shape index (κ2) is 9.92. The number of benzene rings is 2. The molecule has 0 saturated carbocycles. The predicted octanol–water partition coefficient (Wildman–Crippen LogP) is 3.26. The van der Waals surface area contributed by atoms with Crippen molar-refractivity contribution in [3.8, 4) is 28.7 Å². The standard InChI is InChI=1S/C22H26N2O7/c1-26-17-10-15-6-7-24(13-16(15)11-18(17)27-2)22(25)31-23-12-14-8-19(28-3)21(30-5)20(9-14)29-4/h8-12H,6-7,13H2,1-5H3/b23-12+. The highest BCUT2D eigenvalue weighted by Crippen LogP contribution is 2.38. The largest absolute Gasteiger partial charge is 0.493 e. The summed E-state index contributed by atoms with van der Waals surface area (Å²) in [5, 5.41) is 3.83. The number of hydrogen-bond donors (Lipinski definition) is 0. The van der Waals surface area contributed by atoms with Crippen molar-refractivity contribution in [2.75, 3.05) is 42.1 Å². The van der Waals surface area contributed by atoms with Crippen LogP contribution in [0.2, 0.25) is 0 Å². The number of rotatable bonds is 7. The van der Waals surface area contributed by atoms with E-state index >= 15 is 0 Å². The molecule has 1 heterocycles. The quantitative estimate of drug-likeness (QED) is 0.378. The fourth-order valence-electron chi connectivity index (χ4n) is 3.40. The monoisotopic (exact) mass is 430 g/mol. The lowest BCUT2D eigenvalue weighted by molar-refractivity contribution is 0.101. The minimum Gasteiger partial charge on any atom is -0.493 e. The van der Waals surface area contributed by atoms with Gasteiger partial charge >= 0.3 is 6.09 Å². The first-order valence-corrected chi connectivity index (χ1v) is 9.57. The van der Waals surface area contributed by atoms with E-state index in [0.717, 1.165) is 11.1 Å². The summed E-state index contributed by atoms with van der Waals surface area (Å²) >= 11 is 0. The highest BCUT2D eigenvalue weighted by Gasteiger charge is 2.24. The van der Waals surface area contributed by atoms with E-state index in [4.69, 9.17) is 28.5 Å². The summed E-state index contributed by atoms with van der Waals surface area (Å²) < 4.78 is 26.6. The Morgan fingerprint density at radius 1 is 0.839 bits per heavy atom. The summed E-state index contributed by atoms with van der Waals surface area (Å²) in [6, 6.07) is 7.23. The molecule has 0 aromatic heterocycles. The lowest BCUT2D eigenvalue weighted by Gasteiger charge is -2.27. The first kappa shape index (κ1) is 22.1. The van der Waals surface area contributed by atoms with Crippen LogP contribution in [-0.2, 0) is 17.8 Å². The highest BCUT2D eigenvalue weighted by atomic mass is 16.7. The Morgan fingerprint density at radius 3 is 1.97 bits per heavy atom. The Morgan fingerprint density at radius 2 is 1.42 bits per heavy atom. The molecule has 0 aliphatic carbocycles. The van der Waals surface area contributed by atoms with Crippen LogP contribution < -0.4 is 23.7 Å². The summed E-state index contributed by atoms with van der Waals surface area (Å²) in [4.78, 5) is 19.2. The van der Waals surface area contributed by atoms with Crippen LogP contribution in [0.3, 0.4) is 0 Å². The van der Waals surface area contributed by atoms with Gasteiger partial charge in [-0.15, -0.1) is 0 Å². The molecular weight excluding hydrogens is 404 g/mol. The molecule has 0 saturated heterocycles. The van der Waals surface area contributed by atoms with E-state index in [-0.39, 0.29) is 0 Å². The Kier molecular flexibility index (Phi) is 7.07. The summed E-state index contributed by atoms with van der Waals surface area (Å²) in [6.07, 6.45) is 1.55. The fraction of sp³-hybridized carbons (Fsp3) is 0.364.